The Morgan fingerprint density at radius 3 is 2.92 bits per heavy atom. The van der Waals surface area contributed by atoms with Gasteiger partial charge in [-0.15, -0.1) is 0 Å². The molecule has 0 heterocycles. The number of nitrogens with one attached hydrogen (secondary N) is 1. The molecule has 0 fully saturated rings. The normalized spacial score (nSPS) is 17.0. The molecule has 0 saturated heterocycles. The monoisotopic (exact) mass is 321 g/mol. The molecule has 3 heteroatoms. The van der Waals surface area contributed by atoms with Crippen molar-refractivity contribution in [3.05, 3.63) is 90.9 Å². The first-order valence-corrected chi connectivity index (χ1v) is 8.01. The van der Waals surface area contributed by atoms with Crippen LogP contribution in [-0.2, 0) is 11.2 Å². The molecular weight excluding hydrogens is 298 g/mol. The van der Waals surface area contributed by atoms with E-state index in [0.29, 0.717) is 23.8 Å². The maximum Gasteiger partial charge on any atom is 0.228 e. The minimum absolute atomic E-state index is 0.0387. The third-order valence-electron chi connectivity index (χ3n) is 3.58. The van der Waals surface area contributed by atoms with Crippen molar-refractivity contribution in [3.63, 3.8) is 0 Å². The summed E-state index contributed by atoms with van der Waals surface area (Å²) >= 11 is 0. The smallest absolute Gasteiger partial charge is 0.228 e. The second kappa shape index (κ2) is 8.73. The molecule has 1 amide bonds. The van der Waals surface area contributed by atoms with E-state index in [2.05, 4.69) is 37.6 Å². The highest BCUT2D eigenvalue weighted by atomic mass is 16.5. The van der Waals surface area contributed by atoms with Crippen molar-refractivity contribution < 1.29 is 9.53 Å². The predicted molar refractivity (Wildman–Crippen MR) is 98.4 cm³/mol. The summed E-state index contributed by atoms with van der Waals surface area (Å²) < 4.78 is 5.71. The van der Waals surface area contributed by atoms with Crippen LogP contribution in [0.4, 0.5) is 0 Å². The van der Waals surface area contributed by atoms with Gasteiger partial charge in [-0.2, -0.15) is 0 Å². The molecule has 1 atom stereocenters. The van der Waals surface area contributed by atoms with Crippen LogP contribution in [0.1, 0.15) is 18.9 Å². The second-order valence-electron chi connectivity index (χ2n) is 5.71. The number of carbonyl (C=O) groups is 1. The van der Waals surface area contributed by atoms with Crippen LogP contribution in [0.2, 0.25) is 0 Å². The van der Waals surface area contributed by atoms with Crippen molar-refractivity contribution in [1.29, 1.82) is 0 Å². The first kappa shape index (κ1) is 17.5. The van der Waals surface area contributed by atoms with Crippen LogP contribution in [0, 0.1) is 5.92 Å². The summed E-state index contributed by atoms with van der Waals surface area (Å²) in [5.74, 6) is 1.77. The highest BCUT2D eigenvalue weighted by molar-refractivity contribution is 5.80. The molecule has 0 spiro atoms. The van der Waals surface area contributed by atoms with Crippen LogP contribution in [0.15, 0.2) is 85.3 Å². The van der Waals surface area contributed by atoms with E-state index in [-0.39, 0.29) is 5.91 Å². The summed E-state index contributed by atoms with van der Waals surface area (Å²) in [7, 11) is 0. The van der Waals surface area contributed by atoms with E-state index in [0.717, 1.165) is 17.7 Å². The lowest BCUT2D eigenvalue weighted by Gasteiger charge is -2.13. The summed E-state index contributed by atoms with van der Waals surface area (Å²) in [5.41, 5.74) is 1.76. The van der Waals surface area contributed by atoms with Crippen molar-refractivity contribution in [3.8, 4) is 5.75 Å². The van der Waals surface area contributed by atoms with E-state index in [1.165, 1.54) is 0 Å². The van der Waals surface area contributed by atoms with E-state index in [4.69, 9.17) is 4.74 Å². The molecule has 2 rings (SSSR count). The Hall–Kier alpha value is -2.81. The minimum Gasteiger partial charge on any atom is -0.457 e. The first-order chi connectivity index (χ1) is 11.6. The number of allylic oxidation sites excluding steroid dienone is 6. The highest BCUT2D eigenvalue weighted by Crippen LogP contribution is 2.18. The molecule has 1 aromatic carbocycles. The summed E-state index contributed by atoms with van der Waals surface area (Å²) in [6, 6.07) is 7.47. The van der Waals surface area contributed by atoms with Crippen molar-refractivity contribution in [2.75, 3.05) is 0 Å². The minimum atomic E-state index is -0.0387. The lowest BCUT2D eigenvalue weighted by atomic mass is 10.0. The van der Waals surface area contributed by atoms with Gasteiger partial charge in [0.25, 0.3) is 0 Å². The van der Waals surface area contributed by atoms with Crippen LogP contribution in [-0.4, -0.2) is 5.91 Å². The van der Waals surface area contributed by atoms with Crippen molar-refractivity contribution in [2.45, 2.75) is 19.8 Å². The largest absolute Gasteiger partial charge is 0.457 e. The van der Waals surface area contributed by atoms with Gasteiger partial charge in [-0.3, -0.25) is 4.79 Å². The molecule has 124 valence electrons. The van der Waals surface area contributed by atoms with E-state index in [1.807, 2.05) is 30.3 Å². The number of ether oxygens (including phenoxy) is 1. The molecule has 1 aromatic rings. The van der Waals surface area contributed by atoms with Crippen LogP contribution in [0.5, 0.6) is 5.75 Å². The average Bonchev–Trinajstić information content (AvgIpc) is 2.57. The van der Waals surface area contributed by atoms with Gasteiger partial charge in [0.05, 0.1) is 6.42 Å². The molecule has 0 radical (unpaired) electrons. The predicted octanol–water partition coefficient (Wildman–Crippen LogP) is 4.46. The maximum absolute atomic E-state index is 12.2. The lowest BCUT2D eigenvalue weighted by Crippen LogP contribution is -2.24. The summed E-state index contributed by atoms with van der Waals surface area (Å²) in [5, 5.41) is 2.93. The zero-order chi connectivity index (χ0) is 17.4. The average molecular weight is 321 g/mol. The van der Waals surface area contributed by atoms with Gasteiger partial charge in [-0.25, -0.2) is 0 Å². The number of carbonyl (C=O) groups excluding carboxylic acids is 1. The lowest BCUT2D eigenvalue weighted by molar-refractivity contribution is -0.119. The fourth-order valence-corrected chi connectivity index (χ4v) is 2.33. The van der Waals surface area contributed by atoms with Crippen molar-refractivity contribution >= 4 is 5.91 Å². The zero-order valence-corrected chi connectivity index (χ0v) is 14.0. The summed E-state index contributed by atoms with van der Waals surface area (Å²) in [6.45, 7) is 9.49. The van der Waals surface area contributed by atoms with E-state index >= 15 is 0 Å². The molecule has 1 N–H and O–H groups in total. The van der Waals surface area contributed by atoms with Gasteiger partial charge in [0.15, 0.2) is 0 Å². The number of hydrogen-bond acceptors (Lipinski definition) is 2. The van der Waals surface area contributed by atoms with Gasteiger partial charge >= 0.3 is 0 Å². The van der Waals surface area contributed by atoms with E-state index < -0.39 is 0 Å². The third kappa shape index (κ3) is 5.43. The highest BCUT2D eigenvalue weighted by Gasteiger charge is 2.09. The van der Waals surface area contributed by atoms with Gasteiger partial charge < -0.3 is 10.1 Å². The number of rotatable bonds is 7. The van der Waals surface area contributed by atoms with E-state index in [9.17, 15) is 4.79 Å². The Morgan fingerprint density at radius 1 is 1.42 bits per heavy atom. The number of benzene rings is 1. The Kier molecular flexibility index (Phi) is 6.38. The molecule has 3 nitrogen and oxygen atoms in total. The molecule has 0 bridgehead atoms. The molecule has 1 unspecified atom stereocenters. The number of hydrogen-bond donors (Lipinski definition) is 1. The summed E-state index contributed by atoms with van der Waals surface area (Å²) in [4.78, 5) is 12.2. The first-order valence-electron chi connectivity index (χ1n) is 8.01. The van der Waals surface area contributed by atoms with Gasteiger partial charge in [0.2, 0.25) is 5.91 Å². The van der Waals surface area contributed by atoms with Gasteiger partial charge in [-0.05, 0) is 48.3 Å². The molecule has 0 aromatic heterocycles. The molecule has 0 saturated carbocycles. The molecule has 1 aliphatic rings. The Bertz CT molecular complexity index is 710. The Balaban J connectivity index is 1.97. The molecule has 0 aliphatic heterocycles. The Morgan fingerprint density at radius 2 is 2.25 bits per heavy atom. The quantitative estimate of drug-likeness (QED) is 0.595. The fraction of sp³-hybridized carbons (Fsp3) is 0.190. The fourth-order valence-electron chi connectivity index (χ4n) is 2.33. The standard InChI is InChI=1S/C21H23NO2/c1-4-7-19(5-2)24-20-9-6-8-17(14-20)15-21(23)22-18-12-10-16(3)11-13-18/h4-10,12-14,16H,1-2,11,15H2,3H3,(H,22,23)/b19-7+. The molecule has 1 aliphatic carbocycles. The Labute approximate surface area is 143 Å². The van der Waals surface area contributed by atoms with Crippen LogP contribution in [0.25, 0.3) is 0 Å². The maximum atomic E-state index is 12.2. The van der Waals surface area contributed by atoms with Gasteiger partial charge in [0.1, 0.15) is 11.5 Å². The van der Waals surface area contributed by atoms with Crippen LogP contribution in [0.3, 0.4) is 0 Å². The SMILES string of the molecule is C=C/C=C(\C=C)Oc1cccc(CC(=O)NC2=CCC(C)C=C2)c1. The van der Waals surface area contributed by atoms with E-state index in [1.54, 1.807) is 18.2 Å². The molecule has 24 heavy (non-hydrogen) atoms. The van der Waals surface area contributed by atoms with Gasteiger partial charge in [-0.1, -0.05) is 50.4 Å². The molecular formula is C21H23NO2. The third-order valence-corrected chi connectivity index (χ3v) is 3.58. The van der Waals surface area contributed by atoms with Crippen LogP contribution >= 0.6 is 0 Å². The number of amides is 1. The zero-order valence-electron chi connectivity index (χ0n) is 14.0. The topological polar surface area (TPSA) is 38.3 Å². The summed E-state index contributed by atoms with van der Waals surface area (Å²) in [6.07, 6.45) is 12.4. The van der Waals surface area contributed by atoms with Crippen molar-refractivity contribution in [2.24, 2.45) is 5.92 Å². The van der Waals surface area contributed by atoms with Crippen LogP contribution < -0.4 is 10.1 Å². The van der Waals surface area contributed by atoms with Gasteiger partial charge in [0, 0.05) is 5.70 Å². The second-order valence-corrected chi connectivity index (χ2v) is 5.71. The van der Waals surface area contributed by atoms with Crippen molar-refractivity contribution in [1.82, 2.24) is 5.32 Å².